The standard InChI is InChI=1S/C46H59N9O5S/c56-42(17-11-35-10-8-21-47-32-35)48-22-5-4-9-34-19-24-54(25-20-34)46(60)39-14-16-41(51-50-39)53-28-26-52(27-29-53)23-6-2-1-3-7-30-61-37-12-13-38-36(31-37)33-55(45(38)59)40-15-18-43(57)49-44(40)58/h8,10-14,16-17,21,31-32,34,40H,1-7,9,15,18-20,22-30,33H2,(H,48,56)(H,49,57,58)/b17-11+. The topological polar surface area (TPSA) is 161 Å². The van der Waals surface area contributed by atoms with Crippen LogP contribution in [0.1, 0.15) is 109 Å². The van der Waals surface area contributed by atoms with Gasteiger partial charge in [0.05, 0.1) is 0 Å². The molecular weight excluding hydrogens is 791 g/mol. The van der Waals surface area contributed by atoms with E-state index in [9.17, 15) is 24.0 Å². The molecule has 3 fully saturated rings. The van der Waals surface area contributed by atoms with Crippen molar-refractivity contribution >= 4 is 53.2 Å². The number of piperidine rings is 2. The van der Waals surface area contributed by atoms with Gasteiger partial charge >= 0.3 is 0 Å². The first kappa shape index (κ1) is 43.9. The number of hydrogen-bond acceptors (Lipinski definition) is 11. The number of aromatic nitrogens is 3. The van der Waals surface area contributed by atoms with Crippen LogP contribution in [-0.4, -0.2) is 124 Å². The van der Waals surface area contributed by atoms with Crippen LogP contribution in [0.15, 0.2) is 65.8 Å². The number of carbonyl (C=O) groups is 5. The van der Waals surface area contributed by atoms with Crippen LogP contribution in [0.3, 0.4) is 0 Å². The molecular formula is C46H59N9O5S. The first-order chi connectivity index (χ1) is 29.8. The zero-order valence-electron chi connectivity index (χ0n) is 35.1. The van der Waals surface area contributed by atoms with Gasteiger partial charge < -0.3 is 20.0 Å². The van der Waals surface area contributed by atoms with E-state index in [0.717, 1.165) is 112 Å². The second-order valence-electron chi connectivity index (χ2n) is 16.6. The molecule has 2 N–H and O–H groups in total. The van der Waals surface area contributed by atoms with Crippen LogP contribution in [0.2, 0.25) is 0 Å². The van der Waals surface area contributed by atoms with Crippen molar-refractivity contribution < 1.29 is 24.0 Å². The lowest BCUT2D eigenvalue weighted by Gasteiger charge is -2.35. The number of nitrogens with zero attached hydrogens (tertiary/aromatic N) is 7. The molecule has 0 spiro atoms. The van der Waals surface area contributed by atoms with Gasteiger partial charge in [0, 0.05) is 87.7 Å². The van der Waals surface area contributed by atoms with Crippen LogP contribution in [0, 0.1) is 5.92 Å². The molecule has 15 heteroatoms. The number of piperazine rings is 1. The highest BCUT2D eigenvalue weighted by atomic mass is 32.2. The largest absolute Gasteiger partial charge is 0.353 e. The number of carbonyl (C=O) groups excluding carboxylic acids is 5. The third-order valence-corrected chi connectivity index (χ3v) is 13.4. The number of imide groups is 1. The predicted molar refractivity (Wildman–Crippen MR) is 236 cm³/mol. The molecule has 0 aliphatic carbocycles. The summed E-state index contributed by atoms with van der Waals surface area (Å²) in [5.74, 6) is 1.54. The molecule has 3 saturated heterocycles. The minimum absolute atomic E-state index is 0.0393. The molecule has 1 atom stereocenters. The predicted octanol–water partition coefficient (Wildman–Crippen LogP) is 5.35. The van der Waals surface area contributed by atoms with Crippen LogP contribution in [0.5, 0.6) is 0 Å². The third-order valence-electron chi connectivity index (χ3n) is 12.3. The fourth-order valence-electron chi connectivity index (χ4n) is 8.67. The summed E-state index contributed by atoms with van der Waals surface area (Å²) in [6.45, 7) is 7.42. The summed E-state index contributed by atoms with van der Waals surface area (Å²) in [5.41, 5.74) is 2.92. The number of thioether (sulfide) groups is 1. The summed E-state index contributed by atoms with van der Waals surface area (Å²) in [6, 6.07) is 12.9. The SMILES string of the molecule is O=C(/C=C/c1cccnc1)NCCCCC1CCN(C(=O)c2ccc(N3CCN(CCCCCCCSc4ccc5c(c4)CN(C4CCC(=O)NC4=O)C5=O)CC3)nn2)CC1. The molecule has 4 aliphatic rings. The number of likely N-dealkylation sites (tertiary alicyclic amines) is 1. The quantitative estimate of drug-likeness (QED) is 0.0693. The van der Waals surface area contributed by atoms with E-state index in [1.807, 2.05) is 53.1 Å². The molecule has 1 aromatic carbocycles. The molecule has 7 rings (SSSR count). The number of pyridine rings is 1. The minimum atomic E-state index is -0.581. The second kappa shape index (κ2) is 22.1. The fraction of sp³-hybridized carbons (Fsp3) is 0.522. The molecule has 5 amide bonds. The van der Waals surface area contributed by atoms with Gasteiger partial charge in [-0.2, -0.15) is 0 Å². The number of rotatable bonds is 19. The molecule has 324 valence electrons. The van der Waals surface area contributed by atoms with Gasteiger partial charge in [-0.1, -0.05) is 38.2 Å². The van der Waals surface area contributed by atoms with Crippen molar-refractivity contribution in [2.75, 3.05) is 63.0 Å². The Morgan fingerprint density at radius 2 is 1.69 bits per heavy atom. The van der Waals surface area contributed by atoms with Crippen molar-refractivity contribution in [1.82, 2.24) is 40.5 Å². The van der Waals surface area contributed by atoms with Crippen LogP contribution < -0.4 is 15.5 Å². The maximum Gasteiger partial charge on any atom is 0.274 e. The fourth-order valence-corrected chi connectivity index (χ4v) is 9.64. The van der Waals surface area contributed by atoms with Gasteiger partial charge in [-0.25, -0.2) is 0 Å². The lowest BCUT2D eigenvalue weighted by molar-refractivity contribution is -0.137. The Bertz CT molecular complexity index is 2000. The monoisotopic (exact) mass is 849 g/mol. The second-order valence-corrected chi connectivity index (χ2v) is 17.8. The maximum absolute atomic E-state index is 13.2. The van der Waals surface area contributed by atoms with Crippen LogP contribution in [-0.2, 0) is 20.9 Å². The summed E-state index contributed by atoms with van der Waals surface area (Å²) in [5, 5.41) is 14.1. The van der Waals surface area contributed by atoms with Gasteiger partial charge in [0.25, 0.3) is 11.8 Å². The maximum atomic E-state index is 13.2. The molecule has 2 aromatic heterocycles. The highest BCUT2D eigenvalue weighted by Gasteiger charge is 2.39. The van der Waals surface area contributed by atoms with Crippen LogP contribution in [0.4, 0.5) is 5.82 Å². The van der Waals surface area contributed by atoms with Gasteiger partial charge in [-0.3, -0.25) is 39.2 Å². The third kappa shape index (κ3) is 12.5. The summed E-state index contributed by atoms with van der Waals surface area (Å²) in [7, 11) is 0. The summed E-state index contributed by atoms with van der Waals surface area (Å²) < 4.78 is 0. The molecule has 3 aromatic rings. The number of fused-ring (bicyclic) bond motifs is 1. The Balaban J connectivity index is 0.702. The van der Waals surface area contributed by atoms with Crippen molar-refractivity contribution in [3.8, 4) is 0 Å². The molecule has 4 aliphatic heterocycles. The molecule has 0 radical (unpaired) electrons. The number of unbranched alkanes of at least 4 members (excludes halogenated alkanes) is 5. The van der Waals surface area contributed by atoms with Gasteiger partial charge in [-0.05, 0) is 110 Å². The van der Waals surface area contributed by atoms with Crippen molar-refractivity contribution in [3.05, 3.63) is 83.3 Å². The molecule has 61 heavy (non-hydrogen) atoms. The molecule has 0 bridgehead atoms. The van der Waals surface area contributed by atoms with Crippen molar-refractivity contribution in [2.45, 2.75) is 94.5 Å². The highest BCUT2D eigenvalue weighted by molar-refractivity contribution is 7.99. The van der Waals surface area contributed by atoms with Gasteiger partial charge in [0.1, 0.15) is 6.04 Å². The van der Waals surface area contributed by atoms with E-state index >= 15 is 0 Å². The van der Waals surface area contributed by atoms with Crippen molar-refractivity contribution in [3.63, 3.8) is 0 Å². The Kier molecular flexibility index (Phi) is 15.9. The van der Waals surface area contributed by atoms with E-state index in [4.69, 9.17) is 0 Å². The van der Waals surface area contributed by atoms with Crippen molar-refractivity contribution in [1.29, 1.82) is 0 Å². The molecule has 14 nitrogen and oxygen atoms in total. The van der Waals surface area contributed by atoms with E-state index in [0.29, 0.717) is 36.7 Å². The van der Waals surface area contributed by atoms with E-state index in [1.165, 1.54) is 25.7 Å². The smallest absolute Gasteiger partial charge is 0.274 e. The average Bonchev–Trinajstić information content (AvgIpc) is 3.61. The average molecular weight is 850 g/mol. The van der Waals surface area contributed by atoms with Crippen LogP contribution >= 0.6 is 11.8 Å². The van der Waals surface area contributed by atoms with E-state index in [-0.39, 0.29) is 36.0 Å². The number of amides is 5. The van der Waals surface area contributed by atoms with E-state index in [1.54, 1.807) is 29.4 Å². The first-order valence-electron chi connectivity index (χ1n) is 22.2. The zero-order valence-corrected chi connectivity index (χ0v) is 36.0. The summed E-state index contributed by atoms with van der Waals surface area (Å²) in [6.07, 6.45) is 18.4. The summed E-state index contributed by atoms with van der Waals surface area (Å²) in [4.78, 5) is 75.7. The highest BCUT2D eigenvalue weighted by Crippen LogP contribution is 2.31. The molecule has 0 saturated carbocycles. The lowest BCUT2D eigenvalue weighted by atomic mass is 9.91. The molecule has 6 heterocycles. The van der Waals surface area contributed by atoms with E-state index < -0.39 is 6.04 Å². The minimum Gasteiger partial charge on any atom is -0.353 e. The first-order valence-corrected chi connectivity index (χ1v) is 23.2. The number of anilines is 1. The van der Waals surface area contributed by atoms with Gasteiger partial charge in [0.2, 0.25) is 17.7 Å². The Morgan fingerprint density at radius 3 is 2.46 bits per heavy atom. The Labute approximate surface area is 363 Å². The Morgan fingerprint density at radius 1 is 0.869 bits per heavy atom. The number of benzene rings is 1. The van der Waals surface area contributed by atoms with E-state index in [2.05, 4.69) is 41.7 Å². The van der Waals surface area contributed by atoms with Crippen LogP contribution in [0.25, 0.3) is 6.08 Å². The molecule has 1 unspecified atom stereocenters. The number of hydrogen-bond donors (Lipinski definition) is 2. The zero-order chi connectivity index (χ0) is 42.4. The normalized spacial score (nSPS) is 18.8. The van der Waals surface area contributed by atoms with Gasteiger partial charge in [0.15, 0.2) is 11.5 Å². The lowest BCUT2D eigenvalue weighted by Crippen LogP contribution is -2.52. The van der Waals surface area contributed by atoms with Gasteiger partial charge in [-0.15, -0.1) is 22.0 Å². The van der Waals surface area contributed by atoms with Crippen molar-refractivity contribution in [2.24, 2.45) is 5.92 Å². The number of nitrogens with one attached hydrogen (secondary N) is 2. The Hall–Kier alpha value is -5.15. The summed E-state index contributed by atoms with van der Waals surface area (Å²) >= 11 is 1.82.